The summed E-state index contributed by atoms with van der Waals surface area (Å²) in [6.45, 7) is 8.79. The minimum absolute atomic E-state index is 0.747. The van der Waals surface area contributed by atoms with Gasteiger partial charge in [0.1, 0.15) is 0 Å². The zero-order valence-corrected chi connectivity index (χ0v) is 7.71. The molecule has 0 aromatic carbocycles. The molecule has 2 nitrogen and oxygen atoms in total. The number of fused-ring (bicyclic) bond motifs is 1. The van der Waals surface area contributed by atoms with Gasteiger partial charge in [0.15, 0.2) is 0 Å². The van der Waals surface area contributed by atoms with Crippen molar-refractivity contribution in [2.24, 2.45) is 0 Å². The molecule has 1 unspecified atom stereocenters. The Balaban J connectivity index is 1.98. The molecule has 2 aliphatic heterocycles. The third-order valence-corrected chi connectivity index (χ3v) is 3.00. The fourth-order valence-electron chi connectivity index (χ4n) is 2.49. The van der Waals surface area contributed by atoms with Gasteiger partial charge in [-0.25, -0.2) is 0 Å². The zero-order chi connectivity index (χ0) is 8.39. The largest absolute Gasteiger partial charge is 0.288 e. The number of hydrogen-bond acceptors (Lipinski definition) is 2. The van der Waals surface area contributed by atoms with Crippen LogP contribution in [0.25, 0.3) is 0 Å². The van der Waals surface area contributed by atoms with Crippen molar-refractivity contribution in [1.29, 1.82) is 0 Å². The lowest BCUT2D eigenvalue weighted by Gasteiger charge is -2.39. The van der Waals surface area contributed by atoms with Crippen molar-refractivity contribution in [3.05, 3.63) is 12.7 Å². The predicted molar refractivity (Wildman–Crippen MR) is 51.0 cm³/mol. The molecule has 2 saturated heterocycles. The van der Waals surface area contributed by atoms with Crippen LogP contribution >= 0.6 is 0 Å². The van der Waals surface area contributed by atoms with Gasteiger partial charge in [0, 0.05) is 19.6 Å². The van der Waals surface area contributed by atoms with E-state index < -0.39 is 0 Å². The standard InChI is InChI=1S/C10H18N2/c1-2-6-11-8-4-9-12-7-3-5-10(11)12/h2,10H,1,3-9H2. The van der Waals surface area contributed by atoms with Crippen molar-refractivity contribution in [1.82, 2.24) is 9.80 Å². The van der Waals surface area contributed by atoms with Crippen molar-refractivity contribution < 1.29 is 0 Å². The van der Waals surface area contributed by atoms with Crippen LogP contribution < -0.4 is 0 Å². The third kappa shape index (κ3) is 1.41. The molecule has 0 aliphatic carbocycles. The van der Waals surface area contributed by atoms with Crippen molar-refractivity contribution in [3.63, 3.8) is 0 Å². The first-order valence-corrected chi connectivity index (χ1v) is 5.01. The lowest BCUT2D eigenvalue weighted by Crippen LogP contribution is -2.50. The third-order valence-electron chi connectivity index (χ3n) is 3.00. The van der Waals surface area contributed by atoms with Crippen LogP contribution in [0.1, 0.15) is 19.3 Å². The molecule has 0 N–H and O–H groups in total. The highest BCUT2D eigenvalue weighted by Crippen LogP contribution is 2.24. The molecule has 2 heterocycles. The lowest BCUT2D eigenvalue weighted by atomic mass is 10.2. The second-order valence-corrected chi connectivity index (χ2v) is 3.80. The minimum atomic E-state index is 0.747. The van der Waals surface area contributed by atoms with E-state index in [2.05, 4.69) is 16.4 Å². The Morgan fingerprint density at radius 2 is 2.08 bits per heavy atom. The van der Waals surface area contributed by atoms with Gasteiger partial charge in [-0.1, -0.05) is 6.08 Å². The average Bonchev–Trinajstić information content (AvgIpc) is 2.53. The van der Waals surface area contributed by atoms with Crippen molar-refractivity contribution in [2.75, 3.05) is 26.2 Å². The fraction of sp³-hybridized carbons (Fsp3) is 0.800. The maximum absolute atomic E-state index is 3.81. The van der Waals surface area contributed by atoms with E-state index in [0.717, 1.165) is 12.7 Å². The highest BCUT2D eigenvalue weighted by Gasteiger charge is 2.31. The molecule has 0 radical (unpaired) electrons. The molecule has 2 rings (SSSR count). The normalized spacial score (nSPS) is 31.8. The Labute approximate surface area is 74.8 Å². The number of rotatable bonds is 2. The van der Waals surface area contributed by atoms with E-state index in [0.29, 0.717) is 0 Å². The Bertz CT molecular complexity index is 167. The van der Waals surface area contributed by atoms with Crippen LogP contribution in [-0.4, -0.2) is 42.1 Å². The van der Waals surface area contributed by atoms with E-state index in [1.54, 1.807) is 0 Å². The van der Waals surface area contributed by atoms with E-state index in [9.17, 15) is 0 Å². The highest BCUT2D eigenvalue weighted by atomic mass is 15.4. The van der Waals surface area contributed by atoms with Crippen LogP contribution in [0.5, 0.6) is 0 Å². The van der Waals surface area contributed by atoms with Crippen LogP contribution in [0.3, 0.4) is 0 Å². The van der Waals surface area contributed by atoms with Gasteiger partial charge >= 0.3 is 0 Å². The van der Waals surface area contributed by atoms with E-state index in [4.69, 9.17) is 0 Å². The second kappa shape index (κ2) is 3.58. The Morgan fingerprint density at radius 1 is 1.25 bits per heavy atom. The maximum Gasteiger partial charge on any atom is 0.0625 e. The topological polar surface area (TPSA) is 6.48 Å². The molecular formula is C10H18N2. The average molecular weight is 166 g/mol. The summed E-state index contributed by atoms with van der Waals surface area (Å²) in [7, 11) is 0. The molecule has 0 amide bonds. The summed E-state index contributed by atoms with van der Waals surface area (Å²) in [4.78, 5) is 5.18. The summed E-state index contributed by atoms with van der Waals surface area (Å²) in [6, 6.07) is 0. The van der Waals surface area contributed by atoms with Crippen LogP contribution in [0.4, 0.5) is 0 Å². The van der Waals surface area contributed by atoms with Gasteiger partial charge in [0.25, 0.3) is 0 Å². The molecule has 0 bridgehead atoms. The minimum Gasteiger partial charge on any atom is -0.288 e. The Kier molecular flexibility index (Phi) is 2.47. The van der Waals surface area contributed by atoms with Gasteiger partial charge in [-0.05, 0) is 25.8 Å². The van der Waals surface area contributed by atoms with Gasteiger partial charge in [-0.2, -0.15) is 0 Å². The molecule has 2 heteroatoms. The van der Waals surface area contributed by atoms with Crippen LogP contribution in [0.2, 0.25) is 0 Å². The number of nitrogens with zero attached hydrogens (tertiary/aromatic N) is 2. The Hall–Kier alpha value is -0.340. The van der Waals surface area contributed by atoms with Gasteiger partial charge < -0.3 is 0 Å². The van der Waals surface area contributed by atoms with Crippen molar-refractivity contribution >= 4 is 0 Å². The van der Waals surface area contributed by atoms with Gasteiger partial charge in [0.05, 0.1) is 6.17 Å². The predicted octanol–water partition coefficient (Wildman–Crippen LogP) is 1.30. The van der Waals surface area contributed by atoms with E-state index in [-0.39, 0.29) is 0 Å². The van der Waals surface area contributed by atoms with Crippen molar-refractivity contribution in [3.8, 4) is 0 Å². The SMILES string of the molecule is C=CCN1CCCN2CCCC12. The zero-order valence-electron chi connectivity index (χ0n) is 7.71. The second-order valence-electron chi connectivity index (χ2n) is 3.80. The Morgan fingerprint density at radius 3 is 2.92 bits per heavy atom. The first kappa shape index (κ1) is 8.27. The van der Waals surface area contributed by atoms with Gasteiger partial charge in [0.2, 0.25) is 0 Å². The summed E-state index contributed by atoms with van der Waals surface area (Å²) >= 11 is 0. The van der Waals surface area contributed by atoms with E-state index >= 15 is 0 Å². The molecule has 0 spiro atoms. The molecule has 68 valence electrons. The summed E-state index contributed by atoms with van der Waals surface area (Å²) in [5, 5.41) is 0. The summed E-state index contributed by atoms with van der Waals surface area (Å²) < 4.78 is 0. The van der Waals surface area contributed by atoms with Crippen LogP contribution in [0.15, 0.2) is 12.7 Å². The van der Waals surface area contributed by atoms with Gasteiger partial charge in [-0.15, -0.1) is 6.58 Å². The molecule has 2 aliphatic rings. The maximum atomic E-state index is 3.81. The van der Waals surface area contributed by atoms with Gasteiger partial charge in [-0.3, -0.25) is 9.80 Å². The molecule has 0 aromatic rings. The monoisotopic (exact) mass is 166 g/mol. The molecular weight excluding hydrogens is 148 g/mol. The first-order valence-electron chi connectivity index (χ1n) is 5.01. The highest BCUT2D eigenvalue weighted by molar-refractivity contribution is 4.87. The first-order chi connectivity index (χ1) is 5.92. The molecule has 0 saturated carbocycles. The van der Waals surface area contributed by atoms with Crippen LogP contribution in [0, 0.1) is 0 Å². The van der Waals surface area contributed by atoms with E-state index in [1.165, 1.54) is 38.9 Å². The summed E-state index contributed by atoms with van der Waals surface area (Å²) in [5.41, 5.74) is 0. The molecule has 2 fully saturated rings. The summed E-state index contributed by atoms with van der Waals surface area (Å²) in [5.74, 6) is 0. The molecule has 0 aromatic heterocycles. The van der Waals surface area contributed by atoms with Crippen LogP contribution in [-0.2, 0) is 0 Å². The number of hydrogen-bond donors (Lipinski definition) is 0. The lowest BCUT2D eigenvalue weighted by molar-refractivity contribution is 0.0441. The van der Waals surface area contributed by atoms with Crippen molar-refractivity contribution in [2.45, 2.75) is 25.4 Å². The molecule has 12 heavy (non-hydrogen) atoms. The smallest absolute Gasteiger partial charge is 0.0625 e. The quantitative estimate of drug-likeness (QED) is 0.570. The summed E-state index contributed by atoms with van der Waals surface area (Å²) in [6.07, 6.45) is 6.87. The molecule has 1 atom stereocenters. The van der Waals surface area contributed by atoms with E-state index in [1.807, 2.05) is 6.08 Å². The fourth-order valence-corrected chi connectivity index (χ4v) is 2.49.